The van der Waals surface area contributed by atoms with Gasteiger partial charge in [0.1, 0.15) is 0 Å². The first-order valence-electron chi connectivity index (χ1n) is 8.07. The maximum atomic E-state index is 12.6. The summed E-state index contributed by atoms with van der Waals surface area (Å²) in [6.07, 6.45) is 0.997. The Hall–Kier alpha value is -1.39. The molecule has 3 heterocycles. The van der Waals surface area contributed by atoms with Gasteiger partial charge in [-0.2, -0.15) is 0 Å². The Kier molecular flexibility index (Phi) is 3.43. The van der Waals surface area contributed by atoms with E-state index in [0.717, 1.165) is 57.5 Å². The minimum atomic E-state index is 0.303. The summed E-state index contributed by atoms with van der Waals surface area (Å²) in [6, 6.07) is 8.50. The van der Waals surface area contributed by atoms with Crippen molar-refractivity contribution in [3.63, 3.8) is 0 Å². The lowest BCUT2D eigenvalue weighted by Crippen LogP contribution is -2.42. The third-order valence-corrected chi connectivity index (χ3v) is 5.31. The lowest BCUT2D eigenvalue weighted by Gasteiger charge is -2.30. The molecular weight excluding hydrogens is 262 g/mol. The van der Waals surface area contributed by atoms with E-state index in [1.165, 1.54) is 11.1 Å². The first kappa shape index (κ1) is 13.3. The summed E-state index contributed by atoms with van der Waals surface area (Å²) in [5.74, 6) is 1.83. The zero-order valence-electron chi connectivity index (χ0n) is 12.4. The predicted molar refractivity (Wildman–Crippen MR) is 81.9 cm³/mol. The molecule has 1 N–H and O–H groups in total. The molecule has 2 saturated heterocycles. The zero-order valence-corrected chi connectivity index (χ0v) is 12.4. The Balaban J connectivity index is 1.36. The molecule has 21 heavy (non-hydrogen) atoms. The van der Waals surface area contributed by atoms with Gasteiger partial charge < -0.3 is 10.2 Å². The van der Waals surface area contributed by atoms with Crippen LogP contribution < -0.4 is 5.32 Å². The number of hydrogen-bond donors (Lipinski definition) is 1. The van der Waals surface area contributed by atoms with Crippen LogP contribution in [0.5, 0.6) is 0 Å². The highest BCUT2D eigenvalue weighted by atomic mass is 16.2. The van der Waals surface area contributed by atoms with Gasteiger partial charge in [0.2, 0.25) is 5.91 Å². The fourth-order valence-corrected chi connectivity index (χ4v) is 4.08. The number of carbonyl (C=O) groups excluding carboxylic acids is 1. The van der Waals surface area contributed by atoms with E-state index in [1.54, 1.807) is 0 Å². The maximum Gasteiger partial charge on any atom is 0.237 e. The predicted octanol–water partition coefficient (Wildman–Crippen LogP) is 0.723. The van der Waals surface area contributed by atoms with Crippen LogP contribution in [0.1, 0.15) is 11.1 Å². The summed E-state index contributed by atoms with van der Waals surface area (Å²) in [7, 11) is 0. The Morgan fingerprint density at radius 3 is 2.62 bits per heavy atom. The molecule has 4 heteroatoms. The molecule has 1 amide bonds. The summed E-state index contributed by atoms with van der Waals surface area (Å²) in [4.78, 5) is 16.9. The first-order chi connectivity index (χ1) is 10.3. The van der Waals surface area contributed by atoms with Crippen molar-refractivity contribution < 1.29 is 4.79 Å². The van der Waals surface area contributed by atoms with E-state index in [9.17, 15) is 4.79 Å². The second kappa shape index (κ2) is 5.43. The Morgan fingerprint density at radius 1 is 1.14 bits per heavy atom. The molecule has 0 saturated carbocycles. The number of benzene rings is 1. The number of likely N-dealkylation sites (tertiary alicyclic amines) is 1. The van der Waals surface area contributed by atoms with Crippen molar-refractivity contribution in [2.45, 2.75) is 13.0 Å². The molecule has 0 spiro atoms. The summed E-state index contributed by atoms with van der Waals surface area (Å²) >= 11 is 0. The molecule has 0 aromatic heterocycles. The molecule has 1 aromatic carbocycles. The van der Waals surface area contributed by atoms with Crippen molar-refractivity contribution in [3.8, 4) is 0 Å². The molecule has 2 atom stereocenters. The highest BCUT2D eigenvalue weighted by molar-refractivity contribution is 5.78. The molecule has 4 rings (SSSR count). The van der Waals surface area contributed by atoms with Gasteiger partial charge in [0, 0.05) is 26.2 Å². The van der Waals surface area contributed by atoms with Gasteiger partial charge in [-0.1, -0.05) is 24.3 Å². The number of rotatable bonds is 2. The van der Waals surface area contributed by atoms with Crippen LogP contribution in [0.2, 0.25) is 0 Å². The average molecular weight is 285 g/mol. The third kappa shape index (κ3) is 2.58. The molecular formula is C17H23N3O. The molecule has 0 aliphatic carbocycles. The van der Waals surface area contributed by atoms with Crippen LogP contribution in [0.3, 0.4) is 0 Å². The minimum Gasteiger partial charge on any atom is -0.337 e. The van der Waals surface area contributed by atoms with Gasteiger partial charge in [-0.05, 0) is 42.5 Å². The van der Waals surface area contributed by atoms with Gasteiger partial charge >= 0.3 is 0 Å². The van der Waals surface area contributed by atoms with E-state index in [0.29, 0.717) is 12.5 Å². The number of carbonyl (C=O) groups is 1. The van der Waals surface area contributed by atoms with Crippen molar-refractivity contribution in [3.05, 3.63) is 35.4 Å². The molecule has 2 fully saturated rings. The summed E-state index contributed by atoms with van der Waals surface area (Å²) < 4.78 is 0. The van der Waals surface area contributed by atoms with Crippen LogP contribution in [-0.4, -0.2) is 55.0 Å². The molecule has 0 radical (unpaired) electrons. The quantitative estimate of drug-likeness (QED) is 0.870. The maximum absolute atomic E-state index is 12.6. The van der Waals surface area contributed by atoms with Crippen molar-refractivity contribution in [2.24, 2.45) is 11.8 Å². The number of nitrogens with zero attached hydrogens (tertiary/aromatic N) is 2. The second-order valence-corrected chi connectivity index (χ2v) is 6.71. The standard InChI is InChI=1S/C17H23N3O/c21-17(12-19-9-15-7-18-8-16(15)10-19)20-6-5-13-3-1-2-4-14(13)11-20/h1-4,15-16,18H,5-12H2/t15-,16+. The van der Waals surface area contributed by atoms with Crippen molar-refractivity contribution in [1.29, 1.82) is 0 Å². The molecule has 0 unspecified atom stereocenters. The largest absolute Gasteiger partial charge is 0.337 e. The van der Waals surface area contributed by atoms with Crippen LogP contribution >= 0.6 is 0 Å². The highest BCUT2D eigenvalue weighted by Gasteiger charge is 2.37. The zero-order chi connectivity index (χ0) is 14.2. The van der Waals surface area contributed by atoms with Crippen LogP contribution in [0.25, 0.3) is 0 Å². The van der Waals surface area contributed by atoms with Crippen molar-refractivity contribution >= 4 is 5.91 Å². The minimum absolute atomic E-state index is 0.303. The third-order valence-electron chi connectivity index (χ3n) is 5.31. The first-order valence-corrected chi connectivity index (χ1v) is 8.07. The van der Waals surface area contributed by atoms with Gasteiger partial charge in [-0.3, -0.25) is 9.69 Å². The van der Waals surface area contributed by atoms with Gasteiger partial charge in [0.05, 0.1) is 6.54 Å². The van der Waals surface area contributed by atoms with Crippen LogP contribution in [0, 0.1) is 11.8 Å². The number of fused-ring (bicyclic) bond motifs is 2. The van der Waals surface area contributed by atoms with Crippen molar-refractivity contribution in [1.82, 2.24) is 15.1 Å². The molecule has 0 bridgehead atoms. The van der Waals surface area contributed by atoms with E-state index >= 15 is 0 Å². The van der Waals surface area contributed by atoms with E-state index in [-0.39, 0.29) is 0 Å². The number of amides is 1. The van der Waals surface area contributed by atoms with E-state index in [1.807, 2.05) is 4.90 Å². The van der Waals surface area contributed by atoms with E-state index in [4.69, 9.17) is 0 Å². The van der Waals surface area contributed by atoms with Crippen molar-refractivity contribution in [2.75, 3.05) is 39.3 Å². The number of nitrogens with one attached hydrogen (secondary N) is 1. The van der Waals surface area contributed by atoms with E-state index in [2.05, 4.69) is 34.5 Å². The fourth-order valence-electron chi connectivity index (χ4n) is 4.08. The Morgan fingerprint density at radius 2 is 1.86 bits per heavy atom. The van der Waals surface area contributed by atoms with Gasteiger partial charge in [0.15, 0.2) is 0 Å². The Bertz CT molecular complexity index is 533. The lowest BCUT2D eigenvalue weighted by atomic mass is 10.00. The molecule has 3 aliphatic heterocycles. The van der Waals surface area contributed by atoms with Crippen LogP contribution in [0.15, 0.2) is 24.3 Å². The van der Waals surface area contributed by atoms with E-state index < -0.39 is 0 Å². The van der Waals surface area contributed by atoms with Gasteiger partial charge in [-0.25, -0.2) is 0 Å². The smallest absolute Gasteiger partial charge is 0.237 e. The molecule has 4 nitrogen and oxygen atoms in total. The second-order valence-electron chi connectivity index (χ2n) is 6.71. The average Bonchev–Trinajstić information content (AvgIpc) is 3.08. The van der Waals surface area contributed by atoms with Crippen LogP contribution in [0.4, 0.5) is 0 Å². The number of hydrogen-bond acceptors (Lipinski definition) is 3. The Labute approximate surface area is 126 Å². The van der Waals surface area contributed by atoms with Gasteiger partial charge in [-0.15, -0.1) is 0 Å². The summed E-state index contributed by atoms with van der Waals surface area (Å²) in [5, 5.41) is 3.45. The summed E-state index contributed by atoms with van der Waals surface area (Å²) in [6.45, 7) is 6.71. The normalized spacial score (nSPS) is 28.5. The molecule has 1 aromatic rings. The lowest BCUT2D eigenvalue weighted by molar-refractivity contribution is -0.133. The fraction of sp³-hybridized carbons (Fsp3) is 0.588. The monoisotopic (exact) mass is 285 g/mol. The highest BCUT2D eigenvalue weighted by Crippen LogP contribution is 2.26. The topological polar surface area (TPSA) is 35.6 Å². The van der Waals surface area contributed by atoms with Crippen LogP contribution in [-0.2, 0) is 17.8 Å². The van der Waals surface area contributed by atoms with Gasteiger partial charge in [0.25, 0.3) is 0 Å². The SMILES string of the molecule is O=C(CN1C[C@H]2CNC[C@H]2C1)N1CCc2ccccc2C1. The summed E-state index contributed by atoms with van der Waals surface area (Å²) in [5.41, 5.74) is 2.72. The molecule has 3 aliphatic rings. The molecule has 112 valence electrons.